The van der Waals surface area contributed by atoms with Crippen LogP contribution in [0.5, 0.6) is 0 Å². The molecule has 1 spiro atoms. The summed E-state index contributed by atoms with van der Waals surface area (Å²) < 4.78 is 23.5. The second-order valence-corrected chi connectivity index (χ2v) is 19.2. The molecule has 5 atom stereocenters. The van der Waals surface area contributed by atoms with Crippen LogP contribution in [0.25, 0.3) is 0 Å². The summed E-state index contributed by atoms with van der Waals surface area (Å²) in [4.78, 5) is 47.1. The third-order valence-corrected chi connectivity index (χ3v) is 13.8. The van der Waals surface area contributed by atoms with Gasteiger partial charge in [-0.25, -0.2) is 0 Å². The highest BCUT2D eigenvalue weighted by atomic mass is 28.4. The standard InChI is InChI=1S/C40H52FN3O5Si/c1-26(2)11-9-12-27(3)18-20-43-34-17-16-31(42-19-10-15-36(42)46)22-33(34)40(39(43)48)28(4)38(50(5,6)41)35(49-40)23-37(47)44-24-30-14-8-7-13-29(30)21-32(44)25-45/h7-8,11,13-14,16-18,22,28,32,35,38,45H,9-10,12,15,19-21,23-25H2,1-6H3/b27-18+/t28-,32-,35+,38-,40+/m0/s1. The first-order valence-corrected chi connectivity index (χ1v) is 21.1. The molecule has 0 aromatic heterocycles. The molecule has 10 heteroatoms. The molecule has 3 amide bonds. The van der Waals surface area contributed by atoms with Crippen LogP contribution in [0.3, 0.4) is 0 Å². The SMILES string of the molecule is CC(C)=CCC/C(C)=C/CN1C(=O)[C@]2(O[C@H](CC(=O)N3Cc4ccccc4C[C@H]3CO)[C@@H]([Si](C)(C)F)[C@@H]2C)c2cc(N3CCCC3=O)ccc21. The van der Waals surface area contributed by atoms with Crippen molar-refractivity contribution >= 4 is 37.5 Å². The van der Waals surface area contributed by atoms with E-state index in [0.717, 1.165) is 36.0 Å². The second-order valence-electron chi connectivity index (χ2n) is 15.4. The quantitative estimate of drug-likeness (QED) is 0.164. The van der Waals surface area contributed by atoms with Gasteiger partial charge in [0.25, 0.3) is 5.91 Å². The van der Waals surface area contributed by atoms with Crippen molar-refractivity contribution in [2.75, 3.05) is 29.5 Å². The molecular formula is C40H52FN3O5Si. The molecule has 0 unspecified atom stereocenters. The maximum Gasteiger partial charge on any atom is 0.264 e. The van der Waals surface area contributed by atoms with Crippen LogP contribution in [-0.2, 0) is 37.7 Å². The fourth-order valence-electron chi connectivity index (χ4n) is 8.78. The minimum atomic E-state index is -3.52. The summed E-state index contributed by atoms with van der Waals surface area (Å²) in [5.74, 6) is -0.997. The molecule has 268 valence electrons. The molecule has 2 saturated heterocycles. The molecule has 2 aromatic rings. The van der Waals surface area contributed by atoms with Crippen molar-refractivity contribution in [2.24, 2.45) is 5.92 Å². The molecule has 4 aliphatic heterocycles. The van der Waals surface area contributed by atoms with Crippen LogP contribution in [-0.4, -0.2) is 68.0 Å². The van der Waals surface area contributed by atoms with E-state index in [4.69, 9.17) is 4.74 Å². The van der Waals surface area contributed by atoms with Gasteiger partial charge in [0.2, 0.25) is 20.2 Å². The van der Waals surface area contributed by atoms with Crippen molar-refractivity contribution in [3.63, 3.8) is 0 Å². The Hall–Kier alpha value is -3.60. The van der Waals surface area contributed by atoms with Gasteiger partial charge in [-0.15, -0.1) is 0 Å². The third-order valence-electron chi connectivity index (χ3n) is 11.3. The summed E-state index contributed by atoms with van der Waals surface area (Å²) in [6.07, 6.45) is 6.91. The van der Waals surface area contributed by atoms with Gasteiger partial charge < -0.3 is 28.7 Å². The Morgan fingerprint density at radius 2 is 1.84 bits per heavy atom. The first kappa shape index (κ1) is 36.2. The molecule has 0 bridgehead atoms. The first-order chi connectivity index (χ1) is 23.8. The summed E-state index contributed by atoms with van der Waals surface area (Å²) >= 11 is 0. The fraction of sp³-hybridized carbons (Fsp3) is 0.525. The molecule has 0 radical (unpaired) electrons. The number of ether oxygens (including phenoxy) is 1. The van der Waals surface area contributed by atoms with Crippen LogP contribution in [0.2, 0.25) is 18.6 Å². The molecule has 0 saturated carbocycles. The predicted molar refractivity (Wildman–Crippen MR) is 197 cm³/mol. The van der Waals surface area contributed by atoms with E-state index in [9.17, 15) is 19.5 Å². The van der Waals surface area contributed by atoms with Crippen molar-refractivity contribution in [3.8, 4) is 0 Å². The van der Waals surface area contributed by atoms with Crippen LogP contribution in [0.1, 0.15) is 76.5 Å². The highest BCUT2D eigenvalue weighted by Crippen LogP contribution is 2.60. The summed E-state index contributed by atoms with van der Waals surface area (Å²) in [5.41, 5.74) is 4.46. The number of carbonyl (C=O) groups excluding carboxylic acids is 3. The van der Waals surface area contributed by atoms with Gasteiger partial charge in [-0.1, -0.05) is 54.5 Å². The zero-order chi connectivity index (χ0) is 36.0. The van der Waals surface area contributed by atoms with E-state index in [1.807, 2.05) is 49.4 Å². The number of nitrogens with zero attached hydrogens (tertiary/aromatic N) is 3. The lowest BCUT2D eigenvalue weighted by Crippen LogP contribution is -2.48. The van der Waals surface area contributed by atoms with Gasteiger partial charge in [0.1, 0.15) is 0 Å². The van der Waals surface area contributed by atoms with E-state index >= 15 is 4.11 Å². The number of carbonyl (C=O) groups is 3. The van der Waals surface area contributed by atoms with Crippen LogP contribution in [0.15, 0.2) is 65.8 Å². The zero-order valence-electron chi connectivity index (χ0n) is 30.4. The van der Waals surface area contributed by atoms with Gasteiger partial charge in [-0.3, -0.25) is 14.4 Å². The summed E-state index contributed by atoms with van der Waals surface area (Å²) in [6, 6.07) is 13.2. The first-order valence-electron chi connectivity index (χ1n) is 18.2. The van der Waals surface area contributed by atoms with Gasteiger partial charge in [0, 0.05) is 48.8 Å². The summed E-state index contributed by atoms with van der Waals surface area (Å²) in [5, 5.41) is 10.3. The lowest BCUT2D eigenvalue weighted by molar-refractivity contribution is -0.150. The minimum Gasteiger partial charge on any atom is -0.394 e. The average molecular weight is 702 g/mol. The maximum absolute atomic E-state index is 16.6. The number of amides is 3. The third kappa shape index (κ3) is 6.62. The van der Waals surface area contributed by atoms with Crippen LogP contribution >= 0.6 is 0 Å². The number of hydrogen-bond acceptors (Lipinski definition) is 5. The molecule has 4 aliphatic rings. The van der Waals surface area contributed by atoms with Crippen molar-refractivity contribution < 1.29 is 28.3 Å². The molecule has 50 heavy (non-hydrogen) atoms. The molecule has 6 rings (SSSR count). The molecule has 8 nitrogen and oxygen atoms in total. The zero-order valence-corrected chi connectivity index (χ0v) is 31.4. The normalized spacial score (nSPS) is 26.6. The number of fused-ring (bicyclic) bond motifs is 3. The molecular weight excluding hydrogens is 650 g/mol. The molecule has 1 N–H and O–H groups in total. The summed E-state index contributed by atoms with van der Waals surface area (Å²) in [7, 11) is -3.52. The Bertz CT molecular complexity index is 1710. The summed E-state index contributed by atoms with van der Waals surface area (Å²) in [6.45, 7) is 12.5. The van der Waals surface area contributed by atoms with Crippen LogP contribution < -0.4 is 9.80 Å². The Balaban J connectivity index is 1.36. The van der Waals surface area contributed by atoms with Crippen LogP contribution in [0.4, 0.5) is 15.5 Å². The number of rotatable bonds is 10. The Morgan fingerprint density at radius 3 is 2.50 bits per heavy atom. The Morgan fingerprint density at radius 1 is 1.10 bits per heavy atom. The van der Waals surface area contributed by atoms with Gasteiger partial charge in [-0.05, 0) is 88.9 Å². The number of aliphatic hydroxyl groups excluding tert-OH is 1. The minimum absolute atomic E-state index is 0.0377. The largest absolute Gasteiger partial charge is 0.394 e. The number of anilines is 2. The Kier molecular flexibility index (Phi) is 10.3. The number of allylic oxidation sites excluding steroid dienone is 3. The maximum atomic E-state index is 16.6. The van der Waals surface area contributed by atoms with E-state index in [1.165, 1.54) is 5.57 Å². The van der Waals surface area contributed by atoms with Crippen molar-refractivity contribution in [2.45, 2.75) is 109 Å². The van der Waals surface area contributed by atoms with Gasteiger partial charge in [0.15, 0.2) is 5.60 Å². The lowest BCUT2D eigenvalue weighted by atomic mass is 9.82. The molecule has 0 aliphatic carbocycles. The van der Waals surface area contributed by atoms with E-state index in [0.29, 0.717) is 49.4 Å². The van der Waals surface area contributed by atoms with Crippen molar-refractivity contribution in [1.29, 1.82) is 0 Å². The van der Waals surface area contributed by atoms with E-state index in [2.05, 4.69) is 32.9 Å². The van der Waals surface area contributed by atoms with Gasteiger partial charge in [-0.2, -0.15) is 0 Å². The molecule has 4 heterocycles. The average Bonchev–Trinajstić information content (AvgIpc) is 3.70. The van der Waals surface area contributed by atoms with Crippen LogP contribution in [0, 0.1) is 5.92 Å². The predicted octanol–water partition coefficient (Wildman–Crippen LogP) is 6.96. The van der Waals surface area contributed by atoms with Crippen molar-refractivity contribution in [3.05, 3.63) is 82.5 Å². The van der Waals surface area contributed by atoms with E-state index < -0.39 is 37.6 Å². The number of hydrogen-bond donors (Lipinski definition) is 1. The molecule has 2 aromatic carbocycles. The molecule has 2 fully saturated rings. The van der Waals surface area contributed by atoms with Crippen molar-refractivity contribution in [1.82, 2.24) is 4.90 Å². The van der Waals surface area contributed by atoms with E-state index in [-0.39, 0.29) is 30.7 Å². The smallest absolute Gasteiger partial charge is 0.264 e. The highest BCUT2D eigenvalue weighted by Gasteiger charge is 2.67. The van der Waals surface area contributed by atoms with Gasteiger partial charge >= 0.3 is 0 Å². The number of aliphatic hydroxyl groups is 1. The second kappa shape index (κ2) is 14.2. The lowest BCUT2D eigenvalue weighted by Gasteiger charge is -2.37. The van der Waals surface area contributed by atoms with Gasteiger partial charge in [0.05, 0.1) is 30.9 Å². The highest BCUT2D eigenvalue weighted by molar-refractivity contribution is 6.72. The van der Waals surface area contributed by atoms with E-state index in [1.54, 1.807) is 27.8 Å². The number of halogens is 1. The number of benzene rings is 2. The monoisotopic (exact) mass is 701 g/mol. The topological polar surface area (TPSA) is 90.4 Å². The Labute approximate surface area is 297 Å². The fourth-order valence-corrected chi connectivity index (χ4v) is 11.3.